The summed E-state index contributed by atoms with van der Waals surface area (Å²) >= 11 is 1.45. The molecule has 2 nitrogen and oxygen atoms in total. The molecular formula is C9H12F2N2S. The molecule has 5 heteroatoms. The van der Waals surface area contributed by atoms with Crippen LogP contribution >= 0.6 is 11.3 Å². The van der Waals surface area contributed by atoms with E-state index in [4.69, 9.17) is 5.73 Å². The second-order valence-electron chi connectivity index (χ2n) is 3.85. The van der Waals surface area contributed by atoms with Crippen molar-refractivity contribution in [3.8, 4) is 0 Å². The average Bonchev–Trinajstić information content (AvgIpc) is 2.64. The van der Waals surface area contributed by atoms with Crippen molar-refractivity contribution in [2.75, 3.05) is 0 Å². The van der Waals surface area contributed by atoms with Crippen molar-refractivity contribution in [3.05, 3.63) is 16.6 Å². The third kappa shape index (κ3) is 1.79. The van der Waals surface area contributed by atoms with Crippen molar-refractivity contribution in [2.24, 2.45) is 5.73 Å². The molecule has 1 aliphatic carbocycles. The monoisotopic (exact) mass is 218 g/mol. The highest BCUT2D eigenvalue weighted by Gasteiger charge is 2.43. The predicted octanol–water partition coefficient (Wildman–Crippen LogP) is 2.51. The summed E-state index contributed by atoms with van der Waals surface area (Å²) in [5.41, 5.74) is 5.45. The van der Waals surface area contributed by atoms with Gasteiger partial charge in [-0.25, -0.2) is 13.8 Å². The fourth-order valence-corrected chi connectivity index (χ4v) is 2.56. The van der Waals surface area contributed by atoms with Gasteiger partial charge in [0.1, 0.15) is 5.01 Å². The van der Waals surface area contributed by atoms with Gasteiger partial charge in [0.2, 0.25) is 5.92 Å². The molecule has 0 atom stereocenters. The third-order valence-corrected chi connectivity index (χ3v) is 3.72. The van der Waals surface area contributed by atoms with Crippen LogP contribution in [-0.4, -0.2) is 10.9 Å². The summed E-state index contributed by atoms with van der Waals surface area (Å²) in [5.74, 6) is -2.53. The number of aromatic nitrogens is 1. The van der Waals surface area contributed by atoms with Crippen molar-refractivity contribution in [3.63, 3.8) is 0 Å². The largest absolute Gasteiger partial charge is 0.319 e. The Morgan fingerprint density at radius 1 is 1.29 bits per heavy atom. The van der Waals surface area contributed by atoms with Crippen molar-refractivity contribution in [1.82, 2.24) is 4.98 Å². The van der Waals surface area contributed by atoms with E-state index in [9.17, 15) is 8.78 Å². The number of nitrogens with two attached hydrogens (primary N) is 1. The molecule has 2 rings (SSSR count). The topological polar surface area (TPSA) is 38.9 Å². The molecule has 0 aromatic carbocycles. The first-order chi connectivity index (χ1) is 6.52. The van der Waals surface area contributed by atoms with Crippen LogP contribution in [0.2, 0.25) is 0 Å². The maximum absolute atomic E-state index is 12.9. The van der Waals surface area contributed by atoms with Gasteiger partial charge in [0.05, 0.1) is 5.54 Å². The molecule has 0 amide bonds. The second-order valence-corrected chi connectivity index (χ2v) is 4.74. The molecule has 0 bridgehead atoms. The highest BCUT2D eigenvalue weighted by atomic mass is 32.1. The Morgan fingerprint density at radius 2 is 1.93 bits per heavy atom. The molecule has 1 aliphatic rings. The van der Waals surface area contributed by atoms with E-state index in [1.165, 1.54) is 11.3 Å². The number of hydrogen-bond donors (Lipinski definition) is 1. The first-order valence-electron chi connectivity index (χ1n) is 4.59. The summed E-state index contributed by atoms with van der Waals surface area (Å²) in [4.78, 5) is 4.11. The van der Waals surface area contributed by atoms with Crippen LogP contribution < -0.4 is 5.73 Å². The Balaban J connectivity index is 2.13. The molecule has 1 heterocycles. The lowest BCUT2D eigenvalue weighted by Crippen LogP contribution is -2.43. The summed E-state index contributed by atoms with van der Waals surface area (Å²) in [5, 5.41) is 2.62. The number of alkyl halides is 2. The van der Waals surface area contributed by atoms with Gasteiger partial charge in [0, 0.05) is 24.4 Å². The van der Waals surface area contributed by atoms with E-state index in [0.29, 0.717) is 12.8 Å². The quantitative estimate of drug-likeness (QED) is 0.786. The highest BCUT2D eigenvalue weighted by molar-refractivity contribution is 7.09. The van der Waals surface area contributed by atoms with Gasteiger partial charge in [-0.05, 0) is 12.8 Å². The Hall–Kier alpha value is -0.550. The van der Waals surface area contributed by atoms with Crippen molar-refractivity contribution in [1.29, 1.82) is 0 Å². The zero-order valence-corrected chi connectivity index (χ0v) is 8.49. The van der Waals surface area contributed by atoms with Crippen LogP contribution in [0.1, 0.15) is 30.7 Å². The van der Waals surface area contributed by atoms with Gasteiger partial charge >= 0.3 is 0 Å². The van der Waals surface area contributed by atoms with E-state index in [1.807, 2.05) is 5.38 Å². The summed E-state index contributed by atoms with van der Waals surface area (Å²) in [7, 11) is 0. The maximum Gasteiger partial charge on any atom is 0.248 e. The number of nitrogens with zero attached hydrogens (tertiary/aromatic N) is 1. The van der Waals surface area contributed by atoms with Crippen LogP contribution in [0.5, 0.6) is 0 Å². The van der Waals surface area contributed by atoms with Crippen LogP contribution in [0.15, 0.2) is 11.6 Å². The number of rotatable bonds is 1. The molecule has 1 aromatic heterocycles. The van der Waals surface area contributed by atoms with Gasteiger partial charge in [-0.2, -0.15) is 0 Å². The minimum Gasteiger partial charge on any atom is -0.319 e. The Morgan fingerprint density at radius 3 is 2.43 bits per heavy atom. The van der Waals surface area contributed by atoms with Crippen molar-refractivity contribution >= 4 is 11.3 Å². The fraction of sp³-hybridized carbons (Fsp3) is 0.667. The molecule has 1 saturated carbocycles. The Bertz CT molecular complexity index is 301. The molecule has 0 spiro atoms. The van der Waals surface area contributed by atoms with Crippen LogP contribution in [-0.2, 0) is 5.54 Å². The minimum atomic E-state index is -2.53. The van der Waals surface area contributed by atoms with E-state index in [-0.39, 0.29) is 12.8 Å². The Labute approximate surface area is 85.1 Å². The van der Waals surface area contributed by atoms with E-state index in [2.05, 4.69) is 4.98 Å². The molecule has 0 unspecified atom stereocenters. The second kappa shape index (κ2) is 3.24. The number of thiazole rings is 1. The van der Waals surface area contributed by atoms with Crippen molar-refractivity contribution in [2.45, 2.75) is 37.1 Å². The molecule has 0 radical (unpaired) electrons. The molecule has 2 N–H and O–H groups in total. The van der Waals surface area contributed by atoms with Crippen LogP contribution in [0.4, 0.5) is 8.78 Å². The van der Waals surface area contributed by atoms with E-state index in [1.54, 1.807) is 6.20 Å². The fourth-order valence-electron chi connectivity index (χ4n) is 1.75. The first kappa shape index (κ1) is 9.98. The lowest BCUT2D eigenvalue weighted by Gasteiger charge is -2.35. The van der Waals surface area contributed by atoms with Gasteiger partial charge in [-0.1, -0.05) is 0 Å². The first-order valence-corrected chi connectivity index (χ1v) is 5.47. The van der Waals surface area contributed by atoms with Crippen LogP contribution in [0, 0.1) is 0 Å². The van der Waals surface area contributed by atoms with Gasteiger partial charge in [0.15, 0.2) is 0 Å². The van der Waals surface area contributed by atoms with E-state index < -0.39 is 11.5 Å². The van der Waals surface area contributed by atoms with Crippen LogP contribution in [0.3, 0.4) is 0 Å². The molecule has 0 saturated heterocycles. The van der Waals surface area contributed by atoms with E-state index in [0.717, 1.165) is 5.01 Å². The van der Waals surface area contributed by atoms with Gasteiger partial charge in [-0.3, -0.25) is 0 Å². The standard InChI is InChI=1S/C9H12F2N2S/c10-9(11)3-1-8(12,2-4-9)7-13-5-6-14-7/h5-6H,1-4,12H2. The van der Waals surface area contributed by atoms with Gasteiger partial charge < -0.3 is 5.73 Å². The zero-order valence-electron chi connectivity index (χ0n) is 7.67. The molecule has 78 valence electrons. The Kier molecular flexibility index (Phi) is 2.31. The average molecular weight is 218 g/mol. The van der Waals surface area contributed by atoms with Gasteiger partial charge in [-0.15, -0.1) is 11.3 Å². The summed E-state index contributed by atoms with van der Waals surface area (Å²) in [6.45, 7) is 0. The SMILES string of the molecule is NC1(c2nccs2)CCC(F)(F)CC1. The number of halogens is 2. The molecule has 0 aliphatic heterocycles. The summed E-state index contributed by atoms with van der Waals surface area (Å²) in [6.07, 6.45) is 2.08. The maximum atomic E-state index is 12.9. The molecule has 14 heavy (non-hydrogen) atoms. The predicted molar refractivity (Wildman–Crippen MR) is 51.4 cm³/mol. The minimum absolute atomic E-state index is 0.122. The zero-order chi connectivity index (χ0) is 10.2. The third-order valence-electron chi connectivity index (χ3n) is 2.73. The summed E-state index contributed by atoms with van der Waals surface area (Å²) in [6, 6.07) is 0. The highest BCUT2D eigenvalue weighted by Crippen LogP contribution is 2.42. The summed E-state index contributed by atoms with van der Waals surface area (Å²) < 4.78 is 25.8. The lowest BCUT2D eigenvalue weighted by atomic mass is 9.81. The lowest BCUT2D eigenvalue weighted by molar-refractivity contribution is -0.0514. The van der Waals surface area contributed by atoms with Crippen molar-refractivity contribution < 1.29 is 8.78 Å². The molecule has 1 aromatic rings. The van der Waals surface area contributed by atoms with E-state index >= 15 is 0 Å². The smallest absolute Gasteiger partial charge is 0.248 e. The molecule has 1 fully saturated rings. The number of hydrogen-bond acceptors (Lipinski definition) is 3. The normalized spacial score (nSPS) is 24.8. The van der Waals surface area contributed by atoms with Crippen LogP contribution in [0.25, 0.3) is 0 Å². The molecular weight excluding hydrogens is 206 g/mol. The van der Waals surface area contributed by atoms with Gasteiger partial charge in [0.25, 0.3) is 0 Å².